The van der Waals surface area contributed by atoms with Gasteiger partial charge in [0.1, 0.15) is 0 Å². The number of nitrogens with zero attached hydrogens (tertiary/aromatic N) is 3. The molecule has 0 amide bonds. The van der Waals surface area contributed by atoms with Crippen LogP contribution in [0.2, 0.25) is 0 Å². The van der Waals surface area contributed by atoms with E-state index in [9.17, 15) is 8.42 Å². The lowest BCUT2D eigenvalue weighted by atomic mass is 9.93. The van der Waals surface area contributed by atoms with E-state index in [-0.39, 0.29) is 11.2 Å². The highest BCUT2D eigenvalue weighted by molar-refractivity contribution is 7.92. The van der Waals surface area contributed by atoms with Gasteiger partial charge in [-0.25, -0.2) is 8.42 Å². The van der Waals surface area contributed by atoms with Crippen molar-refractivity contribution in [2.45, 2.75) is 39.4 Å². The van der Waals surface area contributed by atoms with E-state index < -0.39 is 14.6 Å². The van der Waals surface area contributed by atoms with Gasteiger partial charge in [0.05, 0.1) is 10.5 Å². The van der Waals surface area contributed by atoms with Crippen LogP contribution >= 0.6 is 0 Å². The highest BCUT2D eigenvalue weighted by Crippen LogP contribution is 2.24. The number of sulfone groups is 1. The van der Waals surface area contributed by atoms with Crippen molar-refractivity contribution in [3.63, 3.8) is 0 Å². The molecule has 1 N–H and O–H groups in total. The van der Waals surface area contributed by atoms with E-state index in [1.165, 1.54) is 0 Å². The molecule has 0 bridgehead atoms. The van der Waals surface area contributed by atoms with Gasteiger partial charge >= 0.3 is 0 Å². The Balaban J connectivity index is 2.88. The van der Waals surface area contributed by atoms with Crippen LogP contribution < -0.4 is 5.32 Å². The molecule has 136 valence electrons. The van der Waals surface area contributed by atoms with Crippen LogP contribution in [0, 0.1) is 5.41 Å². The highest BCUT2D eigenvalue weighted by atomic mass is 32.2. The molecular formula is C16H34N4O2S. The first kappa shape index (κ1) is 20.2. The summed E-state index contributed by atoms with van der Waals surface area (Å²) in [5.41, 5.74) is 0.0710. The van der Waals surface area contributed by atoms with Gasteiger partial charge in [-0.3, -0.25) is 4.99 Å². The van der Waals surface area contributed by atoms with Crippen molar-refractivity contribution in [1.29, 1.82) is 0 Å². The Bertz CT molecular complexity index is 524. The molecule has 1 rings (SSSR count). The zero-order valence-electron chi connectivity index (χ0n) is 15.8. The summed E-state index contributed by atoms with van der Waals surface area (Å²) in [5.74, 6) is 1.01. The monoisotopic (exact) mass is 346 g/mol. The topological polar surface area (TPSA) is 65.0 Å². The van der Waals surface area contributed by atoms with Crippen LogP contribution in [0.3, 0.4) is 0 Å². The summed E-state index contributed by atoms with van der Waals surface area (Å²) < 4.78 is 23.6. The minimum Gasteiger partial charge on any atom is -0.357 e. The van der Waals surface area contributed by atoms with E-state index in [0.717, 1.165) is 19.0 Å². The fourth-order valence-electron chi connectivity index (χ4n) is 2.95. The molecule has 6 nitrogen and oxygen atoms in total. The molecule has 0 unspecified atom stereocenters. The summed E-state index contributed by atoms with van der Waals surface area (Å²) in [6.07, 6.45) is 0. The summed E-state index contributed by atoms with van der Waals surface area (Å²) in [7, 11) is 1.10. The number of hydrogen-bond acceptors (Lipinski definition) is 4. The smallest absolute Gasteiger partial charge is 0.194 e. The maximum Gasteiger partial charge on any atom is 0.194 e. The maximum absolute atomic E-state index is 12.2. The Morgan fingerprint density at radius 2 is 1.96 bits per heavy atom. The Labute approximate surface area is 142 Å². The third-order valence-electron chi connectivity index (χ3n) is 4.08. The molecule has 7 heteroatoms. The van der Waals surface area contributed by atoms with Gasteiger partial charge in [0.2, 0.25) is 0 Å². The van der Waals surface area contributed by atoms with Gasteiger partial charge in [0, 0.05) is 32.7 Å². The lowest BCUT2D eigenvalue weighted by Crippen LogP contribution is -2.57. The van der Waals surface area contributed by atoms with Crippen molar-refractivity contribution in [2.75, 3.05) is 52.6 Å². The Kier molecular flexibility index (Phi) is 6.49. The molecule has 0 aromatic heterocycles. The number of rotatable bonds is 5. The average molecular weight is 347 g/mol. The van der Waals surface area contributed by atoms with Crippen LogP contribution in [0.15, 0.2) is 4.99 Å². The standard InChI is InChI=1S/C16H34N4O2S/c1-8-17-14(18-11-15(2,3)12-19(6)7)20-9-10-23(21,22)16(4,5)13-20/h8-13H2,1-7H3,(H,17,18). The summed E-state index contributed by atoms with van der Waals surface area (Å²) >= 11 is 0. The van der Waals surface area contributed by atoms with E-state index in [0.29, 0.717) is 19.6 Å². The molecule has 0 aliphatic carbocycles. The highest BCUT2D eigenvalue weighted by Gasteiger charge is 2.41. The van der Waals surface area contributed by atoms with Crippen molar-refractivity contribution >= 4 is 15.8 Å². The summed E-state index contributed by atoms with van der Waals surface area (Å²) in [4.78, 5) is 9.03. The van der Waals surface area contributed by atoms with E-state index >= 15 is 0 Å². The minimum absolute atomic E-state index is 0.0710. The van der Waals surface area contributed by atoms with Crippen LogP contribution in [0.1, 0.15) is 34.6 Å². The fourth-order valence-corrected chi connectivity index (χ4v) is 4.31. The number of aliphatic imine (C=N–C) groups is 1. The molecule has 1 heterocycles. The van der Waals surface area contributed by atoms with Crippen molar-refractivity contribution in [1.82, 2.24) is 15.1 Å². The molecule has 0 atom stereocenters. The van der Waals surface area contributed by atoms with Crippen molar-refractivity contribution < 1.29 is 8.42 Å². The summed E-state index contributed by atoms with van der Waals surface area (Å²) in [6, 6.07) is 0. The molecule has 1 fully saturated rings. The third-order valence-corrected chi connectivity index (χ3v) is 6.61. The quantitative estimate of drug-likeness (QED) is 0.595. The average Bonchev–Trinajstić information content (AvgIpc) is 2.36. The van der Waals surface area contributed by atoms with Gasteiger partial charge in [-0.2, -0.15) is 0 Å². The van der Waals surface area contributed by atoms with Crippen molar-refractivity contribution in [2.24, 2.45) is 10.4 Å². The van der Waals surface area contributed by atoms with Crippen LogP contribution in [-0.4, -0.2) is 81.5 Å². The van der Waals surface area contributed by atoms with Gasteiger partial charge in [0.25, 0.3) is 0 Å². The van der Waals surface area contributed by atoms with Crippen molar-refractivity contribution in [3.05, 3.63) is 0 Å². The maximum atomic E-state index is 12.2. The SMILES string of the molecule is CCNC(=NCC(C)(C)CN(C)C)N1CCS(=O)(=O)C(C)(C)C1. The van der Waals surface area contributed by atoms with Gasteiger partial charge in [-0.1, -0.05) is 13.8 Å². The van der Waals surface area contributed by atoms with Crippen LogP contribution in [0.5, 0.6) is 0 Å². The van der Waals surface area contributed by atoms with E-state index in [1.54, 1.807) is 13.8 Å². The van der Waals surface area contributed by atoms with Gasteiger partial charge in [-0.05, 0) is 40.3 Å². The number of guanidine groups is 1. The lowest BCUT2D eigenvalue weighted by Gasteiger charge is -2.39. The molecule has 1 saturated heterocycles. The molecule has 23 heavy (non-hydrogen) atoms. The molecule has 1 aliphatic heterocycles. The predicted molar refractivity (Wildman–Crippen MR) is 97.8 cm³/mol. The summed E-state index contributed by atoms with van der Waals surface area (Å²) in [6.45, 7) is 13.5. The number of hydrogen-bond donors (Lipinski definition) is 1. The molecule has 0 saturated carbocycles. The van der Waals surface area contributed by atoms with E-state index in [1.807, 2.05) is 6.92 Å². The Hall–Kier alpha value is -0.820. The van der Waals surface area contributed by atoms with Crippen LogP contribution in [0.25, 0.3) is 0 Å². The van der Waals surface area contributed by atoms with Gasteiger partial charge < -0.3 is 15.1 Å². The van der Waals surface area contributed by atoms with E-state index in [2.05, 4.69) is 43.1 Å². The minimum atomic E-state index is -3.03. The normalized spacial score (nSPS) is 21.6. The first-order chi connectivity index (χ1) is 10.4. The lowest BCUT2D eigenvalue weighted by molar-refractivity contribution is 0.247. The Morgan fingerprint density at radius 3 is 2.43 bits per heavy atom. The predicted octanol–water partition coefficient (Wildman–Crippen LogP) is 1.05. The van der Waals surface area contributed by atoms with Crippen LogP contribution in [0.4, 0.5) is 0 Å². The van der Waals surface area contributed by atoms with E-state index in [4.69, 9.17) is 4.99 Å². The second-order valence-corrected chi connectivity index (χ2v) is 10.8. The zero-order valence-corrected chi connectivity index (χ0v) is 16.6. The molecule has 0 spiro atoms. The molecule has 0 radical (unpaired) electrons. The summed E-state index contributed by atoms with van der Waals surface area (Å²) in [5, 5.41) is 3.31. The second-order valence-electron chi connectivity index (χ2n) is 8.07. The fraction of sp³-hybridized carbons (Fsp3) is 0.938. The Morgan fingerprint density at radius 1 is 1.35 bits per heavy atom. The van der Waals surface area contributed by atoms with Crippen molar-refractivity contribution in [3.8, 4) is 0 Å². The molecule has 0 aromatic carbocycles. The first-order valence-electron chi connectivity index (χ1n) is 8.30. The van der Waals surface area contributed by atoms with Crippen LogP contribution in [-0.2, 0) is 9.84 Å². The molecule has 1 aliphatic rings. The third kappa shape index (κ3) is 5.64. The largest absolute Gasteiger partial charge is 0.357 e. The van der Waals surface area contributed by atoms with Gasteiger partial charge in [-0.15, -0.1) is 0 Å². The first-order valence-corrected chi connectivity index (χ1v) is 9.96. The molecule has 0 aromatic rings. The molecular weight excluding hydrogens is 312 g/mol. The zero-order chi connectivity index (χ0) is 17.9. The van der Waals surface area contributed by atoms with Gasteiger partial charge in [0.15, 0.2) is 15.8 Å². The number of nitrogens with one attached hydrogen (secondary N) is 1. The second kappa shape index (κ2) is 7.38.